The second-order valence-electron chi connectivity index (χ2n) is 4.79. The van der Waals surface area contributed by atoms with Gasteiger partial charge in [0.05, 0.1) is 22.2 Å². The Kier molecular flexibility index (Phi) is 5.20. The zero-order valence-corrected chi connectivity index (χ0v) is 12.7. The Balaban J connectivity index is 3.17. The molecule has 0 heterocycles. The van der Waals surface area contributed by atoms with E-state index in [1.54, 1.807) is 6.92 Å². The summed E-state index contributed by atoms with van der Waals surface area (Å²) in [5, 5.41) is 9.52. The van der Waals surface area contributed by atoms with Crippen LogP contribution in [0.4, 0.5) is 5.69 Å². The second-order valence-corrected chi connectivity index (χ2v) is 6.88. The monoisotopic (exact) mass is 306 g/mol. The van der Waals surface area contributed by atoms with E-state index in [0.29, 0.717) is 10.6 Å². The van der Waals surface area contributed by atoms with Crippen molar-refractivity contribution in [1.82, 2.24) is 4.72 Å². The van der Waals surface area contributed by atoms with Gasteiger partial charge in [-0.05, 0) is 30.5 Å². The van der Waals surface area contributed by atoms with E-state index < -0.39 is 16.1 Å². The van der Waals surface area contributed by atoms with Crippen LogP contribution in [-0.2, 0) is 10.0 Å². The van der Waals surface area contributed by atoms with Gasteiger partial charge in [0, 0.05) is 6.04 Å². The Morgan fingerprint density at radius 2 is 2.00 bits per heavy atom. The largest absolute Gasteiger partial charge is 0.397 e. The van der Waals surface area contributed by atoms with Crippen LogP contribution in [0.15, 0.2) is 17.0 Å². The maximum Gasteiger partial charge on any atom is 0.241 e. The van der Waals surface area contributed by atoms with E-state index in [4.69, 9.17) is 17.3 Å². The van der Waals surface area contributed by atoms with Gasteiger partial charge >= 0.3 is 0 Å². The minimum absolute atomic E-state index is 0.0234. The number of sulfonamides is 1. The summed E-state index contributed by atoms with van der Waals surface area (Å²) in [6.45, 7) is 5.03. The summed E-state index contributed by atoms with van der Waals surface area (Å²) in [7, 11) is -3.74. The number of aliphatic hydroxyl groups is 1. The highest BCUT2D eigenvalue weighted by Gasteiger charge is 2.24. The highest BCUT2D eigenvalue weighted by molar-refractivity contribution is 7.89. The van der Waals surface area contributed by atoms with Crippen LogP contribution in [0.25, 0.3) is 0 Å². The third kappa shape index (κ3) is 3.82. The van der Waals surface area contributed by atoms with Gasteiger partial charge in [-0.2, -0.15) is 0 Å². The molecular weight excluding hydrogens is 288 g/mol. The number of nitrogens with one attached hydrogen (secondary N) is 1. The number of nitrogens with two attached hydrogens (primary N) is 1. The van der Waals surface area contributed by atoms with Crippen molar-refractivity contribution in [2.45, 2.75) is 31.7 Å². The molecule has 0 spiro atoms. The Morgan fingerprint density at radius 3 is 2.47 bits per heavy atom. The van der Waals surface area contributed by atoms with Crippen LogP contribution in [0.3, 0.4) is 0 Å². The molecule has 7 heteroatoms. The smallest absolute Gasteiger partial charge is 0.241 e. The average molecular weight is 307 g/mol. The quantitative estimate of drug-likeness (QED) is 0.719. The lowest BCUT2D eigenvalue weighted by Gasteiger charge is -2.20. The van der Waals surface area contributed by atoms with Crippen molar-refractivity contribution in [2.75, 3.05) is 12.3 Å². The van der Waals surface area contributed by atoms with Crippen LogP contribution in [0, 0.1) is 12.8 Å². The van der Waals surface area contributed by atoms with Gasteiger partial charge in [0.25, 0.3) is 0 Å². The molecule has 0 bridgehead atoms. The molecule has 0 aliphatic rings. The second kappa shape index (κ2) is 6.09. The van der Waals surface area contributed by atoms with Gasteiger partial charge in [-0.3, -0.25) is 0 Å². The molecule has 0 aliphatic heterocycles. The number of benzene rings is 1. The molecular formula is C12H19ClN2O3S. The Hall–Kier alpha value is -0.820. The molecule has 0 fully saturated rings. The van der Waals surface area contributed by atoms with Crippen LogP contribution in [0.1, 0.15) is 19.4 Å². The van der Waals surface area contributed by atoms with Crippen molar-refractivity contribution < 1.29 is 13.5 Å². The molecule has 1 aromatic rings. The first-order chi connectivity index (χ1) is 8.69. The highest BCUT2D eigenvalue weighted by Crippen LogP contribution is 2.26. The highest BCUT2D eigenvalue weighted by atomic mass is 35.5. The van der Waals surface area contributed by atoms with Gasteiger partial charge < -0.3 is 10.8 Å². The van der Waals surface area contributed by atoms with Gasteiger partial charge in [0.15, 0.2) is 0 Å². The zero-order chi connectivity index (χ0) is 14.8. The molecule has 1 aromatic carbocycles. The summed E-state index contributed by atoms with van der Waals surface area (Å²) >= 11 is 5.84. The molecule has 108 valence electrons. The third-order valence-electron chi connectivity index (χ3n) is 2.89. The summed E-state index contributed by atoms with van der Waals surface area (Å²) < 4.78 is 27.0. The van der Waals surface area contributed by atoms with Gasteiger partial charge in [-0.25, -0.2) is 13.1 Å². The lowest BCUT2D eigenvalue weighted by Crippen LogP contribution is -2.41. The molecule has 0 saturated carbocycles. The summed E-state index contributed by atoms with van der Waals surface area (Å²) in [5.41, 5.74) is 6.35. The van der Waals surface area contributed by atoms with Gasteiger partial charge in [0.1, 0.15) is 0 Å². The fraction of sp³-hybridized carbons (Fsp3) is 0.500. The summed E-state index contributed by atoms with van der Waals surface area (Å²) in [6.07, 6.45) is 0. The van der Waals surface area contributed by atoms with E-state index in [2.05, 4.69) is 4.72 Å². The Morgan fingerprint density at radius 1 is 1.42 bits per heavy atom. The first kappa shape index (κ1) is 16.2. The minimum Gasteiger partial charge on any atom is -0.397 e. The Bertz CT molecular complexity index is 558. The number of hydrogen-bond acceptors (Lipinski definition) is 4. The Labute approximate surface area is 118 Å². The van der Waals surface area contributed by atoms with E-state index in [0.717, 1.165) is 0 Å². The molecule has 19 heavy (non-hydrogen) atoms. The van der Waals surface area contributed by atoms with E-state index in [1.807, 2.05) is 13.8 Å². The van der Waals surface area contributed by atoms with Crippen LogP contribution >= 0.6 is 11.6 Å². The maximum atomic E-state index is 12.3. The number of rotatable bonds is 5. The summed E-state index contributed by atoms with van der Waals surface area (Å²) in [6, 6.07) is 2.30. The number of halogens is 1. The van der Waals surface area contributed by atoms with Crippen molar-refractivity contribution in [3.8, 4) is 0 Å². The van der Waals surface area contributed by atoms with Gasteiger partial charge in [0.2, 0.25) is 10.0 Å². The van der Waals surface area contributed by atoms with Crippen molar-refractivity contribution in [1.29, 1.82) is 0 Å². The van der Waals surface area contributed by atoms with E-state index in [9.17, 15) is 13.5 Å². The molecule has 1 atom stereocenters. The maximum absolute atomic E-state index is 12.3. The normalized spacial score (nSPS) is 13.8. The van der Waals surface area contributed by atoms with Crippen LogP contribution in [0.5, 0.6) is 0 Å². The fourth-order valence-electron chi connectivity index (χ4n) is 1.61. The number of aryl methyl sites for hydroxylation is 1. The fourth-order valence-corrected chi connectivity index (χ4v) is 3.46. The SMILES string of the molecule is Cc1cc(Cl)c(N)cc1S(=O)(=O)N[C@H](CO)C(C)C. The van der Waals surface area contributed by atoms with Crippen LogP contribution in [-0.4, -0.2) is 26.2 Å². The molecule has 5 nitrogen and oxygen atoms in total. The van der Waals surface area contributed by atoms with Crippen molar-refractivity contribution in [3.63, 3.8) is 0 Å². The van der Waals surface area contributed by atoms with Gasteiger partial charge in [-0.1, -0.05) is 25.4 Å². The molecule has 0 aliphatic carbocycles. The molecule has 0 amide bonds. The lowest BCUT2D eigenvalue weighted by atomic mass is 10.1. The molecule has 4 N–H and O–H groups in total. The van der Waals surface area contributed by atoms with Crippen molar-refractivity contribution in [2.24, 2.45) is 5.92 Å². The molecule has 0 aromatic heterocycles. The summed E-state index contributed by atoms with van der Waals surface area (Å²) in [5.74, 6) is -0.0234. The van der Waals surface area contributed by atoms with Crippen LogP contribution < -0.4 is 10.5 Å². The van der Waals surface area contributed by atoms with Gasteiger partial charge in [-0.15, -0.1) is 0 Å². The number of aliphatic hydroxyl groups excluding tert-OH is 1. The predicted molar refractivity (Wildman–Crippen MR) is 76.6 cm³/mol. The first-order valence-electron chi connectivity index (χ1n) is 5.88. The van der Waals surface area contributed by atoms with Crippen LogP contribution in [0.2, 0.25) is 5.02 Å². The van der Waals surface area contributed by atoms with E-state index in [1.165, 1.54) is 12.1 Å². The molecule has 0 unspecified atom stereocenters. The molecule has 0 radical (unpaired) electrons. The summed E-state index contributed by atoms with van der Waals surface area (Å²) in [4.78, 5) is 0.0773. The number of anilines is 1. The van der Waals surface area contributed by atoms with E-state index >= 15 is 0 Å². The molecule has 0 saturated heterocycles. The van der Waals surface area contributed by atoms with Crippen molar-refractivity contribution >= 4 is 27.3 Å². The lowest BCUT2D eigenvalue weighted by molar-refractivity contribution is 0.227. The first-order valence-corrected chi connectivity index (χ1v) is 7.74. The third-order valence-corrected chi connectivity index (χ3v) is 4.85. The van der Waals surface area contributed by atoms with Crippen molar-refractivity contribution in [3.05, 3.63) is 22.7 Å². The molecule has 1 rings (SSSR count). The average Bonchev–Trinajstić information content (AvgIpc) is 2.30. The van der Waals surface area contributed by atoms with E-state index in [-0.39, 0.29) is 23.1 Å². The standard InChI is InChI=1S/C12H19ClN2O3S/c1-7(2)11(6-16)15-19(17,18)12-5-10(14)9(13)4-8(12)3/h4-5,7,11,15-16H,6,14H2,1-3H3/t11-/m1/s1. The number of hydrogen-bond donors (Lipinski definition) is 3. The zero-order valence-electron chi connectivity index (χ0n) is 11.1. The number of nitrogen functional groups attached to an aromatic ring is 1. The topological polar surface area (TPSA) is 92.4 Å². The minimum atomic E-state index is -3.74. The predicted octanol–water partition coefficient (Wildman–Crippen LogP) is 1.53.